The van der Waals surface area contributed by atoms with Gasteiger partial charge in [0.05, 0.1) is 25.3 Å². The molecule has 0 saturated heterocycles. The Morgan fingerprint density at radius 3 is 1.30 bits per heavy atom. The lowest BCUT2D eigenvalue weighted by atomic mass is 10.4. The Labute approximate surface area is 119 Å². The van der Waals surface area contributed by atoms with Gasteiger partial charge in [0.15, 0.2) is 0 Å². The molecule has 0 N–H and O–H groups in total. The molecular formula is C12H24N2O6. The molecule has 118 valence electrons. The van der Waals surface area contributed by atoms with Crippen molar-refractivity contribution in [3.05, 3.63) is 0 Å². The third-order valence-electron chi connectivity index (χ3n) is 2.03. The van der Waals surface area contributed by atoms with Crippen LogP contribution in [-0.2, 0) is 19.5 Å². The van der Waals surface area contributed by atoms with E-state index < -0.39 is 12.2 Å². The highest BCUT2D eigenvalue weighted by atomic mass is 17.3. The molecular weight excluding hydrogens is 268 g/mol. The van der Waals surface area contributed by atoms with E-state index in [9.17, 15) is 9.59 Å². The average molecular weight is 292 g/mol. The molecule has 0 aliphatic rings. The molecule has 20 heavy (non-hydrogen) atoms. The van der Waals surface area contributed by atoms with Crippen molar-refractivity contribution in [2.75, 3.05) is 13.2 Å². The van der Waals surface area contributed by atoms with Crippen molar-refractivity contribution in [2.45, 2.75) is 53.6 Å². The lowest BCUT2D eigenvalue weighted by Gasteiger charge is -2.27. The summed E-state index contributed by atoms with van der Waals surface area (Å²) in [5.41, 5.74) is 0. The number of nitrogens with zero attached hydrogens (tertiary/aromatic N) is 2. The summed E-state index contributed by atoms with van der Waals surface area (Å²) >= 11 is 0. The maximum Gasteiger partial charge on any atom is 0.436 e. The van der Waals surface area contributed by atoms with Crippen LogP contribution in [0.3, 0.4) is 0 Å². The Kier molecular flexibility index (Phi) is 8.66. The molecule has 0 rings (SSSR count). The molecule has 0 fully saturated rings. The zero-order valence-corrected chi connectivity index (χ0v) is 12.9. The molecule has 0 saturated carbocycles. The predicted octanol–water partition coefficient (Wildman–Crippen LogP) is 2.50. The van der Waals surface area contributed by atoms with Gasteiger partial charge in [-0.05, 0) is 41.5 Å². The number of amides is 2. The molecule has 0 aliphatic carbocycles. The SMILES string of the molecule is CCOC(=O)N(OON(C(=O)OCC)C(C)C)C(C)C. The minimum Gasteiger partial charge on any atom is -0.448 e. The minimum atomic E-state index is -0.699. The number of ether oxygens (including phenoxy) is 2. The van der Waals surface area contributed by atoms with Gasteiger partial charge in [-0.25, -0.2) is 9.59 Å². The lowest BCUT2D eigenvalue weighted by Crippen LogP contribution is -2.43. The first-order valence-corrected chi connectivity index (χ1v) is 6.61. The highest BCUT2D eigenvalue weighted by Gasteiger charge is 2.26. The van der Waals surface area contributed by atoms with Crippen LogP contribution in [0.2, 0.25) is 0 Å². The fraction of sp³-hybridized carbons (Fsp3) is 0.833. The van der Waals surface area contributed by atoms with Crippen LogP contribution in [0.4, 0.5) is 9.59 Å². The molecule has 0 radical (unpaired) electrons. The van der Waals surface area contributed by atoms with Crippen molar-refractivity contribution in [1.82, 2.24) is 10.1 Å². The Morgan fingerprint density at radius 1 is 0.800 bits per heavy atom. The number of hydrogen-bond acceptors (Lipinski definition) is 6. The van der Waals surface area contributed by atoms with E-state index in [0.29, 0.717) is 0 Å². The molecule has 0 aromatic rings. The summed E-state index contributed by atoms with van der Waals surface area (Å²) in [7, 11) is 0. The van der Waals surface area contributed by atoms with Crippen LogP contribution in [0, 0.1) is 0 Å². The third kappa shape index (κ3) is 6.07. The topological polar surface area (TPSA) is 77.5 Å². The molecule has 0 aliphatic heterocycles. The Morgan fingerprint density at radius 2 is 1.10 bits per heavy atom. The van der Waals surface area contributed by atoms with Crippen molar-refractivity contribution in [2.24, 2.45) is 0 Å². The van der Waals surface area contributed by atoms with Gasteiger partial charge in [-0.15, -0.1) is 10.1 Å². The van der Waals surface area contributed by atoms with Crippen LogP contribution in [0.15, 0.2) is 0 Å². The Balaban J connectivity index is 4.63. The fourth-order valence-electron chi connectivity index (χ4n) is 1.10. The van der Waals surface area contributed by atoms with E-state index in [0.717, 1.165) is 10.1 Å². The van der Waals surface area contributed by atoms with Crippen molar-refractivity contribution >= 4 is 12.2 Å². The largest absolute Gasteiger partial charge is 0.448 e. The van der Waals surface area contributed by atoms with E-state index >= 15 is 0 Å². The molecule has 8 nitrogen and oxygen atoms in total. The van der Waals surface area contributed by atoms with Gasteiger partial charge in [0.25, 0.3) is 0 Å². The summed E-state index contributed by atoms with van der Waals surface area (Å²) in [5.74, 6) is 0. The van der Waals surface area contributed by atoms with Crippen molar-refractivity contribution in [3.8, 4) is 0 Å². The summed E-state index contributed by atoms with van der Waals surface area (Å²) in [4.78, 5) is 33.0. The first kappa shape index (κ1) is 18.5. The predicted molar refractivity (Wildman–Crippen MR) is 70.2 cm³/mol. The molecule has 0 aromatic carbocycles. The van der Waals surface area contributed by atoms with Crippen molar-refractivity contribution < 1.29 is 29.0 Å². The van der Waals surface area contributed by atoms with Crippen LogP contribution in [0.25, 0.3) is 0 Å². The maximum atomic E-state index is 11.6. The van der Waals surface area contributed by atoms with Gasteiger partial charge in [0.2, 0.25) is 0 Å². The summed E-state index contributed by atoms with van der Waals surface area (Å²) in [6, 6.07) is -0.657. The van der Waals surface area contributed by atoms with Gasteiger partial charge in [-0.3, -0.25) is 0 Å². The number of carbonyl (C=O) groups excluding carboxylic acids is 2. The molecule has 0 heterocycles. The van der Waals surface area contributed by atoms with E-state index in [1.165, 1.54) is 0 Å². The summed E-state index contributed by atoms with van der Waals surface area (Å²) in [6.45, 7) is 10.6. The fourth-order valence-corrected chi connectivity index (χ4v) is 1.10. The number of rotatable bonds is 7. The normalized spacial score (nSPS) is 10.6. The molecule has 0 bridgehead atoms. The van der Waals surface area contributed by atoms with Gasteiger partial charge in [-0.1, -0.05) is 9.98 Å². The second-order valence-electron chi connectivity index (χ2n) is 4.39. The van der Waals surface area contributed by atoms with Crippen LogP contribution in [0.5, 0.6) is 0 Å². The van der Waals surface area contributed by atoms with Gasteiger partial charge in [0.1, 0.15) is 0 Å². The second kappa shape index (κ2) is 9.38. The molecule has 0 unspecified atom stereocenters. The highest BCUT2D eigenvalue weighted by Crippen LogP contribution is 2.09. The minimum absolute atomic E-state index is 0.206. The smallest absolute Gasteiger partial charge is 0.436 e. The first-order valence-electron chi connectivity index (χ1n) is 6.61. The van der Waals surface area contributed by atoms with E-state index in [-0.39, 0.29) is 25.3 Å². The zero-order chi connectivity index (χ0) is 15.7. The van der Waals surface area contributed by atoms with Gasteiger partial charge in [0, 0.05) is 0 Å². The van der Waals surface area contributed by atoms with Crippen LogP contribution < -0.4 is 0 Å². The maximum absolute atomic E-state index is 11.6. The number of hydrogen-bond donors (Lipinski definition) is 0. The highest BCUT2D eigenvalue weighted by molar-refractivity contribution is 5.67. The third-order valence-corrected chi connectivity index (χ3v) is 2.03. The first-order chi connectivity index (χ1) is 9.34. The lowest BCUT2D eigenvalue weighted by molar-refractivity contribution is -0.500. The van der Waals surface area contributed by atoms with Gasteiger partial charge < -0.3 is 9.47 Å². The van der Waals surface area contributed by atoms with Crippen LogP contribution in [0.1, 0.15) is 41.5 Å². The molecule has 8 heteroatoms. The van der Waals surface area contributed by atoms with E-state index in [4.69, 9.17) is 19.5 Å². The van der Waals surface area contributed by atoms with Crippen molar-refractivity contribution in [1.29, 1.82) is 0 Å². The van der Waals surface area contributed by atoms with Crippen molar-refractivity contribution in [3.63, 3.8) is 0 Å². The monoisotopic (exact) mass is 292 g/mol. The van der Waals surface area contributed by atoms with Crippen LogP contribution in [-0.4, -0.2) is 47.6 Å². The van der Waals surface area contributed by atoms with E-state index in [1.807, 2.05) is 0 Å². The molecule has 0 atom stereocenters. The summed E-state index contributed by atoms with van der Waals surface area (Å²) in [5, 5.41) is 1.77. The van der Waals surface area contributed by atoms with Gasteiger partial charge in [-0.2, -0.15) is 0 Å². The standard InChI is InChI=1S/C12H24N2O6/c1-7-17-11(15)13(9(3)4)19-20-14(10(5)6)12(16)18-8-2/h9-10H,7-8H2,1-6H3. The van der Waals surface area contributed by atoms with E-state index in [1.54, 1.807) is 41.5 Å². The molecule has 0 spiro atoms. The Bertz CT molecular complexity index is 278. The van der Waals surface area contributed by atoms with Crippen LogP contribution >= 0.6 is 0 Å². The average Bonchev–Trinajstić information content (AvgIpc) is 2.33. The number of hydroxylamine groups is 4. The Hall–Kier alpha value is -1.54. The zero-order valence-electron chi connectivity index (χ0n) is 12.9. The number of carbonyl (C=O) groups is 2. The summed E-state index contributed by atoms with van der Waals surface area (Å²) < 4.78 is 9.63. The quantitative estimate of drug-likeness (QED) is 0.530. The van der Waals surface area contributed by atoms with E-state index in [2.05, 4.69) is 0 Å². The van der Waals surface area contributed by atoms with Gasteiger partial charge >= 0.3 is 12.2 Å². The molecule has 0 aromatic heterocycles. The second-order valence-corrected chi connectivity index (χ2v) is 4.39. The summed E-state index contributed by atoms with van der Waals surface area (Å²) in [6.07, 6.45) is -1.40. The molecule has 2 amide bonds.